The van der Waals surface area contributed by atoms with E-state index in [-0.39, 0.29) is 11.4 Å². The highest BCUT2D eigenvalue weighted by Crippen LogP contribution is 2.37. The van der Waals surface area contributed by atoms with Gasteiger partial charge >= 0.3 is 0 Å². The average molecular weight is 235 g/mol. The number of nitrogens with one attached hydrogen (secondary N) is 1. The summed E-state index contributed by atoms with van der Waals surface area (Å²) in [6.07, 6.45) is 2.12. The van der Waals surface area contributed by atoms with Gasteiger partial charge in [0.1, 0.15) is 5.82 Å². The van der Waals surface area contributed by atoms with Gasteiger partial charge in [0, 0.05) is 20.6 Å². The van der Waals surface area contributed by atoms with E-state index < -0.39 is 0 Å². The summed E-state index contributed by atoms with van der Waals surface area (Å²) in [4.78, 5) is 13.1. The third-order valence-corrected chi connectivity index (χ3v) is 2.93. The highest BCUT2D eigenvalue weighted by molar-refractivity contribution is 5.91. The zero-order valence-electron chi connectivity index (χ0n) is 10.1. The van der Waals surface area contributed by atoms with Crippen molar-refractivity contribution >= 4 is 11.7 Å². The van der Waals surface area contributed by atoms with Gasteiger partial charge in [0.05, 0.1) is 5.54 Å². The van der Waals surface area contributed by atoms with Crippen LogP contribution in [0.5, 0.6) is 0 Å². The van der Waals surface area contributed by atoms with Crippen LogP contribution < -0.4 is 11.1 Å². The van der Waals surface area contributed by atoms with Crippen LogP contribution in [-0.4, -0.2) is 47.2 Å². The number of aromatic nitrogens is 2. The zero-order chi connectivity index (χ0) is 12.5. The number of carbonyl (C=O) groups is 1. The molecule has 92 valence electrons. The summed E-state index contributed by atoms with van der Waals surface area (Å²) < 4.78 is 0. The van der Waals surface area contributed by atoms with E-state index in [1.165, 1.54) is 4.90 Å². The summed E-state index contributed by atoms with van der Waals surface area (Å²) in [5.41, 5.74) is 6.01. The molecule has 0 radical (unpaired) electrons. The molecule has 6 heteroatoms. The first kappa shape index (κ1) is 11.8. The Hall–Kier alpha value is -1.69. The molecule has 0 atom stereocenters. The van der Waals surface area contributed by atoms with Crippen LogP contribution in [0.2, 0.25) is 0 Å². The molecular weight excluding hydrogens is 218 g/mol. The molecule has 1 amide bonds. The molecule has 1 fully saturated rings. The summed E-state index contributed by atoms with van der Waals surface area (Å²) in [5, 5.41) is 11.1. The summed E-state index contributed by atoms with van der Waals surface area (Å²) in [5.74, 6) is 0.521. The van der Waals surface area contributed by atoms with Gasteiger partial charge < -0.3 is 16.0 Å². The van der Waals surface area contributed by atoms with Crippen molar-refractivity contribution in [3.8, 4) is 0 Å². The lowest BCUT2D eigenvalue weighted by atomic mass is 10.2. The second kappa shape index (κ2) is 4.29. The Morgan fingerprint density at radius 2 is 2.18 bits per heavy atom. The van der Waals surface area contributed by atoms with E-state index in [4.69, 9.17) is 5.73 Å². The van der Waals surface area contributed by atoms with E-state index in [1.807, 2.05) is 0 Å². The largest absolute Gasteiger partial charge is 0.362 e. The number of rotatable bonds is 4. The standard InChI is InChI=1S/C11H17N5O/c1-16(2)10(17)8-3-4-9(15-14-8)13-11(7-12)5-6-11/h3-4H,5-7,12H2,1-2H3,(H,13,15). The lowest BCUT2D eigenvalue weighted by Crippen LogP contribution is -2.31. The second-order valence-corrected chi connectivity index (χ2v) is 4.61. The molecule has 2 rings (SSSR count). The topological polar surface area (TPSA) is 84.1 Å². The maximum Gasteiger partial charge on any atom is 0.273 e. The molecule has 6 nitrogen and oxygen atoms in total. The Kier molecular flexibility index (Phi) is 2.97. The van der Waals surface area contributed by atoms with Gasteiger partial charge in [-0.15, -0.1) is 10.2 Å². The minimum absolute atomic E-state index is 0.00174. The van der Waals surface area contributed by atoms with Crippen molar-refractivity contribution in [2.45, 2.75) is 18.4 Å². The summed E-state index contributed by atoms with van der Waals surface area (Å²) in [6, 6.07) is 3.43. The molecule has 0 aromatic carbocycles. The third-order valence-electron chi connectivity index (χ3n) is 2.93. The van der Waals surface area contributed by atoms with Gasteiger partial charge in [0.15, 0.2) is 5.69 Å². The van der Waals surface area contributed by atoms with E-state index in [9.17, 15) is 4.79 Å². The fourth-order valence-corrected chi connectivity index (χ4v) is 1.54. The van der Waals surface area contributed by atoms with Crippen LogP contribution in [0, 0.1) is 0 Å². The molecule has 17 heavy (non-hydrogen) atoms. The fourth-order valence-electron chi connectivity index (χ4n) is 1.54. The smallest absolute Gasteiger partial charge is 0.273 e. The van der Waals surface area contributed by atoms with Crippen LogP contribution in [0.15, 0.2) is 12.1 Å². The number of anilines is 1. The Bertz CT molecular complexity index is 410. The molecule has 1 aromatic rings. The zero-order valence-corrected chi connectivity index (χ0v) is 10.1. The first-order chi connectivity index (χ1) is 8.06. The molecule has 0 aliphatic heterocycles. The van der Waals surface area contributed by atoms with Gasteiger partial charge in [0.25, 0.3) is 5.91 Å². The van der Waals surface area contributed by atoms with Gasteiger partial charge in [-0.05, 0) is 25.0 Å². The molecule has 1 aromatic heterocycles. The number of amides is 1. The minimum Gasteiger partial charge on any atom is -0.362 e. The van der Waals surface area contributed by atoms with E-state index in [1.54, 1.807) is 26.2 Å². The molecule has 0 unspecified atom stereocenters. The molecule has 1 aliphatic carbocycles. The van der Waals surface area contributed by atoms with Crippen LogP contribution in [0.4, 0.5) is 5.82 Å². The lowest BCUT2D eigenvalue weighted by molar-refractivity contribution is 0.0821. The number of nitrogens with zero attached hydrogens (tertiary/aromatic N) is 3. The molecule has 0 bridgehead atoms. The third kappa shape index (κ3) is 2.52. The van der Waals surface area contributed by atoms with E-state index in [0.29, 0.717) is 18.1 Å². The predicted molar refractivity (Wildman–Crippen MR) is 64.7 cm³/mol. The van der Waals surface area contributed by atoms with E-state index >= 15 is 0 Å². The first-order valence-electron chi connectivity index (χ1n) is 5.60. The average Bonchev–Trinajstić information content (AvgIpc) is 3.09. The number of nitrogens with two attached hydrogens (primary N) is 1. The highest BCUT2D eigenvalue weighted by Gasteiger charge is 2.41. The highest BCUT2D eigenvalue weighted by atomic mass is 16.2. The van der Waals surface area contributed by atoms with Crippen molar-refractivity contribution in [2.24, 2.45) is 5.73 Å². The van der Waals surface area contributed by atoms with Crippen LogP contribution in [0.25, 0.3) is 0 Å². The molecule has 1 saturated carbocycles. The normalized spacial score (nSPS) is 16.4. The predicted octanol–water partition coefficient (Wildman–Crippen LogP) is 0.0816. The summed E-state index contributed by atoms with van der Waals surface area (Å²) in [7, 11) is 3.37. The Balaban J connectivity index is 2.05. The van der Waals surface area contributed by atoms with Gasteiger partial charge in [-0.2, -0.15) is 0 Å². The van der Waals surface area contributed by atoms with Crippen molar-refractivity contribution in [3.05, 3.63) is 17.8 Å². The Labute approximate surface area is 100 Å². The Morgan fingerprint density at radius 3 is 2.59 bits per heavy atom. The van der Waals surface area contributed by atoms with Gasteiger partial charge in [-0.3, -0.25) is 4.79 Å². The van der Waals surface area contributed by atoms with E-state index in [0.717, 1.165) is 12.8 Å². The SMILES string of the molecule is CN(C)C(=O)c1ccc(NC2(CN)CC2)nn1. The lowest BCUT2D eigenvalue weighted by Gasteiger charge is -2.15. The monoisotopic (exact) mass is 235 g/mol. The van der Waals surface area contributed by atoms with Crippen molar-refractivity contribution in [1.29, 1.82) is 0 Å². The van der Waals surface area contributed by atoms with Crippen molar-refractivity contribution in [2.75, 3.05) is 26.0 Å². The van der Waals surface area contributed by atoms with Crippen LogP contribution >= 0.6 is 0 Å². The van der Waals surface area contributed by atoms with Crippen LogP contribution in [0.1, 0.15) is 23.3 Å². The molecular formula is C11H17N5O. The fraction of sp³-hybridized carbons (Fsp3) is 0.545. The molecule has 1 heterocycles. The number of hydrogen-bond donors (Lipinski definition) is 2. The van der Waals surface area contributed by atoms with Crippen molar-refractivity contribution in [3.63, 3.8) is 0 Å². The Morgan fingerprint density at radius 1 is 1.47 bits per heavy atom. The maximum atomic E-state index is 11.6. The molecule has 0 spiro atoms. The summed E-state index contributed by atoms with van der Waals surface area (Å²) in [6.45, 7) is 0.590. The van der Waals surface area contributed by atoms with E-state index in [2.05, 4.69) is 15.5 Å². The van der Waals surface area contributed by atoms with Crippen LogP contribution in [0.3, 0.4) is 0 Å². The minimum atomic E-state index is -0.149. The van der Waals surface area contributed by atoms with Gasteiger partial charge in [-0.1, -0.05) is 0 Å². The first-order valence-corrected chi connectivity index (χ1v) is 5.60. The summed E-state index contributed by atoms with van der Waals surface area (Å²) >= 11 is 0. The van der Waals surface area contributed by atoms with Crippen LogP contribution in [-0.2, 0) is 0 Å². The second-order valence-electron chi connectivity index (χ2n) is 4.61. The van der Waals surface area contributed by atoms with Crippen molar-refractivity contribution < 1.29 is 4.79 Å². The van der Waals surface area contributed by atoms with Crippen molar-refractivity contribution in [1.82, 2.24) is 15.1 Å². The number of carbonyl (C=O) groups excluding carboxylic acids is 1. The molecule has 1 aliphatic rings. The van der Waals surface area contributed by atoms with Gasteiger partial charge in [-0.25, -0.2) is 0 Å². The maximum absolute atomic E-state index is 11.6. The molecule has 0 saturated heterocycles. The quantitative estimate of drug-likeness (QED) is 0.772. The molecule has 3 N–H and O–H groups in total. The van der Waals surface area contributed by atoms with Gasteiger partial charge in [0.2, 0.25) is 0 Å². The number of hydrogen-bond acceptors (Lipinski definition) is 5.